The predicted octanol–water partition coefficient (Wildman–Crippen LogP) is 2.51. The van der Waals surface area contributed by atoms with Gasteiger partial charge in [-0.1, -0.05) is 37.3 Å². The Labute approximate surface area is 112 Å². The molecule has 0 aliphatic rings. The molecule has 4 nitrogen and oxygen atoms in total. The van der Waals surface area contributed by atoms with Crippen LogP contribution in [0.1, 0.15) is 11.8 Å². The van der Waals surface area contributed by atoms with Gasteiger partial charge in [0.1, 0.15) is 4.83 Å². The summed E-state index contributed by atoms with van der Waals surface area (Å²) >= 11 is 1.47. The lowest BCUT2D eigenvalue weighted by Crippen LogP contribution is -2.21. The Hall–Kier alpha value is -2.14. The molecule has 0 saturated carbocycles. The summed E-state index contributed by atoms with van der Waals surface area (Å²) in [5.74, 6) is 0. The summed E-state index contributed by atoms with van der Waals surface area (Å²) in [6.07, 6.45) is 0.824. The van der Waals surface area contributed by atoms with Gasteiger partial charge in [0.25, 0.3) is 5.56 Å². The van der Waals surface area contributed by atoms with E-state index in [2.05, 4.69) is 9.97 Å². The third-order valence-electron chi connectivity index (χ3n) is 3.05. The molecule has 5 heteroatoms. The van der Waals surface area contributed by atoms with Gasteiger partial charge < -0.3 is 0 Å². The molecule has 0 aliphatic heterocycles. The van der Waals surface area contributed by atoms with E-state index >= 15 is 0 Å². The lowest BCUT2D eigenvalue weighted by molar-refractivity contribution is 1.09. The first kappa shape index (κ1) is 11.9. The number of hydrogen-bond donors (Lipinski definition) is 2. The molecule has 19 heavy (non-hydrogen) atoms. The van der Waals surface area contributed by atoms with Crippen LogP contribution >= 0.6 is 11.3 Å². The topological polar surface area (TPSA) is 65.7 Å². The summed E-state index contributed by atoms with van der Waals surface area (Å²) in [6, 6.07) is 9.78. The van der Waals surface area contributed by atoms with Crippen LogP contribution in [0, 0.1) is 0 Å². The van der Waals surface area contributed by atoms with E-state index in [1.165, 1.54) is 11.3 Å². The molecule has 2 N–H and O–H groups in total. The largest absolute Gasteiger partial charge is 0.326 e. The summed E-state index contributed by atoms with van der Waals surface area (Å²) in [5, 5.41) is 0.577. The van der Waals surface area contributed by atoms with Crippen molar-refractivity contribution < 1.29 is 0 Å². The highest BCUT2D eigenvalue weighted by Gasteiger charge is 2.16. The molecule has 0 fully saturated rings. The Bertz CT molecular complexity index is 843. The highest BCUT2D eigenvalue weighted by molar-refractivity contribution is 7.19. The van der Waals surface area contributed by atoms with Crippen molar-refractivity contribution in [2.24, 2.45) is 0 Å². The Kier molecular flexibility index (Phi) is 2.83. The Morgan fingerprint density at radius 3 is 2.53 bits per heavy atom. The van der Waals surface area contributed by atoms with Crippen molar-refractivity contribution in [3.8, 4) is 11.1 Å². The number of benzene rings is 1. The molecule has 0 radical (unpaired) electrons. The fourth-order valence-electron chi connectivity index (χ4n) is 2.24. The molecule has 0 unspecified atom stereocenters. The fourth-order valence-corrected chi connectivity index (χ4v) is 3.40. The van der Waals surface area contributed by atoms with E-state index in [-0.39, 0.29) is 5.56 Å². The van der Waals surface area contributed by atoms with Gasteiger partial charge in [-0.15, -0.1) is 11.3 Å². The average Bonchev–Trinajstić information content (AvgIpc) is 2.78. The zero-order chi connectivity index (χ0) is 13.4. The first-order valence-corrected chi connectivity index (χ1v) is 6.85. The predicted molar refractivity (Wildman–Crippen MR) is 77.9 cm³/mol. The molecule has 0 aliphatic carbocycles. The normalized spacial score (nSPS) is 11.0. The number of rotatable bonds is 2. The highest BCUT2D eigenvalue weighted by atomic mass is 32.1. The van der Waals surface area contributed by atoms with Crippen LogP contribution in [0.3, 0.4) is 0 Å². The van der Waals surface area contributed by atoms with E-state index in [0.717, 1.165) is 22.4 Å². The maximum Gasteiger partial charge on any atom is 0.326 e. The number of aromatic nitrogens is 2. The van der Waals surface area contributed by atoms with Gasteiger partial charge in [-0.3, -0.25) is 14.8 Å². The van der Waals surface area contributed by atoms with Crippen molar-refractivity contribution in [1.82, 2.24) is 9.97 Å². The smallest absolute Gasteiger partial charge is 0.298 e. The summed E-state index contributed by atoms with van der Waals surface area (Å²) in [5.41, 5.74) is 1.15. The van der Waals surface area contributed by atoms with Crippen LogP contribution in [0.25, 0.3) is 21.3 Å². The molecule has 0 atom stereocenters. The molecule has 1 aromatic carbocycles. The van der Waals surface area contributed by atoms with E-state index in [9.17, 15) is 9.59 Å². The van der Waals surface area contributed by atoms with E-state index in [4.69, 9.17) is 0 Å². The number of fused-ring (bicyclic) bond motifs is 1. The zero-order valence-corrected chi connectivity index (χ0v) is 11.1. The lowest BCUT2D eigenvalue weighted by atomic mass is 10.0. The molecular weight excluding hydrogens is 260 g/mol. The monoisotopic (exact) mass is 272 g/mol. The Morgan fingerprint density at radius 1 is 1.11 bits per heavy atom. The van der Waals surface area contributed by atoms with Gasteiger partial charge in [0, 0.05) is 10.4 Å². The van der Waals surface area contributed by atoms with Crippen LogP contribution in [0.2, 0.25) is 0 Å². The van der Waals surface area contributed by atoms with Gasteiger partial charge in [0.05, 0.1) is 5.39 Å². The second-order valence-corrected chi connectivity index (χ2v) is 5.34. The van der Waals surface area contributed by atoms with Crippen LogP contribution in [0.15, 0.2) is 39.9 Å². The SMILES string of the molecule is CCc1sc2[nH]c(=O)[nH]c(=O)c2c1-c1ccccc1. The van der Waals surface area contributed by atoms with Gasteiger partial charge in [0.15, 0.2) is 0 Å². The van der Waals surface area contributed by atoms with Crippen LogP contribution in [0.5, 0.6) is 0 Å². The minimum Gasteiger partial charge on any atom is -0.298 e. The van der Waals surface area contributed by atoms with Crippen LogP contribution in [-0.4, -0.2) is 9.97 Å². The first-order chi connectivity index (χ1) is 9.20. The van der Waals surface area contributed by atoms with E-state index in [1.807, 2.05) is 37.3 Å². The number of thiophene rings is 1. The molecule has 3 aromatic rings. The molecular formula is C14H12N2O2S. The maximum absolute atomic E-state index is 12.1. The summed E-state index contributed by atoms with van der Waals surface area (Å²) < 4.78 is 0. The fraction of sp³-hybridized carbons (Fsp3) is 0.143. The maximum atomic E-state index is 12.1. The van der Waals surface area contributed by atoms with Crippen LogP contribution in [0.4, 0.5) is 0 Å². The van der Waals surface area contributed by atoms with E-state index in [1.54, 1.807) is 0 Å². The first-order valence-electron chi connectivity index (χ1n) is 6.04. The summed E-state index contributed by atoms with van der Waals surface area (Å²) in [4.78, 5) is 30.2. The standard InChI is InChI=1S/C14H12N2O2S/c1-2-9-10(8-6-4-3-5-7-8)11-12(17)15-14(18)16-13(11)19-9/h3-7H,2H2,1H3,(H2,15,16,17,18). The average molecular weight is 272 g/mol. The van der Waals surface area contributed by atoms with Gasteiger partial charge in [-0.2, -0.15) is 0 Å². The third kappa shape index (κ3) is 1.92. The van der Waals surface area contributed by atoms with E-state index < -0.39 is 5.69 Å². The summed E-state index contributed by atoms with van der Waals surface area (Å²) in [6.45, 7) is 2.05. The lowest BCUT2D eigenvalue weighted by Gasteiger charge is -2.02. The van der Waals surface area contributed by atoms with Crippen molar-refractivity contribution in [2.75, 3.05) is 0 Å². The molecule has 2 aromatic heterocycles. The minimum absolute atomic E-state index is 0.325. The van der Waals surface area contributed by atoms with Crippen molar-refractivity contribution in [1.29, 1.82) is 0 Å². The number of H-pyrrole nitrogens is 2. The number of hydrogen-bond acceptors (Lipinski definition) is 3. The van der Waals surface area contributed by atoms with Crippen LogP contribution in [-0.2, 0) is 6.42 Å². The minimum atomic E-state index is -0.457. The quantitative estimate of drug-likeness (QED) is 0.752. The molecule has 96 valence electrons. The van der Waals surface area contributed by atoms with Crippen molar-refractivity contribution in [3.05, 3.63) is 56.0 Å². The van der Waals surface area contributed by atoms with Gasteiger partial charge in [-0.05, 0) is 12.0 Å². The number of nitrogens with one attached hydrogen (secondary N) is 2. The Balaban J connectivity index is 2.47. The molecule has 0 saturated heterocycles. The van der Waals surface area contributed by atoms with Gasteiger partial charge >= 0.3 is 5.69 Å². The Morgan fingerprint density at radius 2 is 1.84 bits per heavy atom. The van der Waals surface area contributed by atoms with Crippen molar-refractivity contribution in [2.45, 2.75) is 13.3 Å². The summed E-state index contributed by atoms with van der Waals surface area (Å²) in [7, 11) is 0. The molecule has 0 bridgehead atoms. The van der Waals surface area contributed by atoms with E-state index in [0.29, 0.717) is 10.2 Å². The zero-order valence-electron chi connectivity index (χ0n) is 10.3. The molecule has 0 spiro atoms. The second-order valence-electron chi connectivity index (χ2n) is 4.23. The van der Waals surface area contributed by atoms with Crippen molar-refractivity contribution in [3.63, 3.8) is 0 Å². The van der Waals surface area contributed by atoms with Crippen LogP contribution < -0.4 is 11.2 Å². The van der Waals surface area contributed by atoms with Crippen molar-refractivity contribution >= 4 is 21.6 Å². The number of aryl methyl sites for hydroxylation is 1. The highest BCUT2D eigenvalue weighted by Crippen LogP contribution is 2.35. The third-order valence-corrected chi connectivity index (χ3v) is 4.30. The van der Waals surface area contributed by atoms with Gasteiger partial charge in [0.2, 0.25) is 0 Å². The number of aromatic amines is 2. The van der Waals surface area contributed by atoms with Gasteiger partial charge in [-0.25, -0.2) is 4.79 Å². The molecule has 2 heterocycles. The second kappa shape index (κ2) is 4.51. The molecule has 0 amide bonds. The molecule has 3 rings (SSSR count).